The van der Waals surface area contributed by atoms with Crippen LogP contribution in [0.15, 0.2) is 12.2 Å². The van der Waals surface area contributed by atoms with Crippen LogP contribution in [0, 0.1) is 0 Å². The van der Waals surface area contributed by atoms with E-state index in [1.165, 1.54) is 13.2 Å². The molecule has 1 unspecified atom stereocenters. The van der Waals surface area contributed by atoms with Crippen LogP contribution in [0.5, 0.6) is 0 Å². The highest BCUT2D eigenvalue weighted by Crippen LogP contribution is 2.12. The van der Waals surface area contributed by atoms with Crippen LogP contribution in [0.2, 0.25) is 0 Å². The van der Waals surface area contributed by atoms with Crippen molar-refractivity contribution in [3.8, 4) is 0 Å². The normalized spacial score (nSPS) is 24.3. The van der Waals surface area contributed by atoms with E-state index in [4.69, 9.17) is 4.74 Å². The molecule has 0 aromatic carbocycles. The Morgan fingerprint density at radius 2 is 2.55 bits per heavy atom. The summed E-state index contributed by atoms with van der Waals surface area (Å²) in [4.78, 5) is 10.6. The Morgan fingerprint density at radius 3 is 3.09 bits per heavy atom. The molecule has 1 rings (SSSR count). The van der Waals surface area contributed by atoms with Gasteiger partial charge in [0.05, 0.1) is 13.2 Å². The lowest BCUT2D eigenvalue weighted by atomic mass is 10.2. The lowest BCUT2D eigenvalue weighted by Gasteiger charge is -1.99. The van der Waals surface area contributed by atoms with Gasteiger partial charge in [0.2, 0.25) is 0 Å². The number of esters is 1. The first-order chi connectivity index (χ1) is 5.33. The van der Waals surface area contributed by atoms with Crippen LogP contribution in [0.25, 0.3) is 0 Å². The van der Waals surface area contributed by atoms with Crippen LogP contribution in [0.4, 0.5) is 0 Å². The molecule has 62 valence electrons. The predicted molar refractivity (Wildman–Crippen MR) is 40.1 cm³/mol. The monoisotopic (exact) mass is 156 g/mol. The van der Waals surface area contributed by atoms with Gasteiger partial charge in [-0.05, 0) is 18.9 Å². The molecule has 0 aromatic rings. The number of rotatable bonds is 2. The molecule has 1 atom stereocenters. The molecule has 1 saturated heterocycles. The zero-order valence-electron chi connectivity index (χ0n) is 6.58. The first kappa shape index (κ1) is 8.27. The maximum Gasteiger partial charge on any atom is 0.330 e. The van der Waals surface area contributed by atoms with E-state index in [1.54, 1.807) is 6.08 Å². The van der Waals surface area contributed by atoms with E-state index in [2.05, 4.69) is 4.74 Å². The number of methoxy groups -OCH3 is 1. The summed E-state index contributed by atoms with van der Waals surface area (Å²) >= 11 is 0. The molecule has 0 aromatic heterocycles. The standard InChI is InChI=1S/C8H12O3/c1-10-8(9)5-4-7-3-2-6-11-7/h4-5,7H,2-3,6H2,1H3. The maximum atomic E-state index is 10.6. The van der Waals surface area contributed by atoms with Crippen molar-refractivity contribution in [1.82, 2.24) is 0 Å². The molecule has 0 bridgehead atoms. The second-order valence-electron chi connectivity index (χ2n) is 2.43. The summed E-state index contributed by atoms with van der Waals surface area (Å²) in [6, 6.07) is 0. The summed E-state index contributed by atoms with van der Waals surface area (Å²) in [6.45, 7) is 0.802. The van der Waals surface area contributed by atoms with E-state index in [9.17, 15) is 4.79 Å². The van der Waals surface area contributed by atoms with Gasteiger partial charge >= 0.3 is 5.97 Å². The third-order valence-corrected chi connectivity index (χ3v) is 1.61. The van der Waals surface area contributed by atoms with E-state index in [-0.39, 0.29) is 12.1 Å². The van der Waals surface area contributed by atoms with E-state index in [0.29, 0.717) is 0 Å². The summed E-state index contributed by atoms with van der Waals surface area (Å²) in [5.74, 6) is -0.319. The molecule has 11 heavy (non-hydrogen) atoms. The number of hydrogen-bond donors (Lipinski definition) is 0. The van der Waals surface area contributed by atoms with Gasteiger partial charge in [-0.25, -0.2) is 4.79 Å². The molecule has 0 N–H and O–H groups in total. The van der Waals surface area contributed by atoms with Crippen molar-refractivity contribution in [2.75, 3.05) is 13.7 Å². The number of carbonyl (C=O) groups is 1. The number of carbonyl (C=O) groups excluding carboxylic acids is 1. The molecule has 0 spiro atoms. The Labute approximate surface area is 66.0 Å². The highest BCUT2D eigenvalue weighted by atomic mass is 16.5. The molecule has 1 heterocycles. The zero-order valence-corrected chi connectivity index (χ0v) is 6.58. The second kappa shape index (κ2) is 4.13. The molecule has 0 aliphatic carbocycles. The van der Waals surface area contributed by atoms with Gasteiger partial charge in [0.1, 0.15) is 0 Å². The first-order valence-corrected chi connectivity index (χ1v) is 3.70. The highest BCUT2D eigenvalue weighted by molar-refractivity contribution is 5.81. The molecular formula is C8H12O3. The molecule has 3 heteroatoms. The Bertz CT molecular complexity index is 157. The summed E-state index contributed by atoms with van der Waals surface area (Å²) in [6.07, 6.45) is 5.37. The van der Waals surface area contributed by atoms with Crippen molar-refractivity contribution in [2.24, 2.45) is 0 Å². The van der Waals surface area contributed by atoms with Gasteiger partial charge in [-0.3, -0.25) is 0 Å². The predicted octanol–water partition coefficient (Wildman–Crippen LogP) is 0.895. The third kappa shape index (κ3) is 2.72. The van der Waals surface area contributed by atoms with Gasteiger partial charge in [0.15, 0.2) is 0 Å². The van der Waals surface area contributed by atoms with Gasteiger partial charge in [-0.1, -0.05) is 0 Å². The molecule has 0 amide bonds. The minimum absolute atomic E-state index is 0.120. The van der Waals surface area contributed by atoms with Crippen LogP contribution >= 0.6 is 0 Å². The topological polar surface area (TPSA) is 35.5 Å². The summed E-state index contributed by atoms with van der Waals surface area (Å²) < 4.78 is 9.68. The zero-order chi connectivity index (χ0) is 8.10. The molecule has 1 aliphatic rings. The van der Waals surface area contributed by atoms with E-state index >= 15 is 0 Å². The van der Waals surface area contributed by atoms with Gasteiger partial charge < -0.3 is 9.47 Å². The van der Waals surface area contributed by atoms with Crippen LogP contribution in [-0.2, 0) is 14.3 Å². The molecule has 1 fully saturated rings. The fraction of sp³-hybridized carbons (Fsp3) is 0.625. The lowest BCUT2D eigenvalue weighted by molar-refractivity contribution is -0.134. The fourth-order valence-corrected chi connectivity index (χ4v) is 1.01. The Morgan fingerprint density at radius 1 is 1.73 bits per heavy atom. The van der Waals surface area contributed by atoms with Gasteiger partial charge in [0, 0.05) is 12.7 Å². The molecule has 1 aliphatic heterocycles. The first-order valence-electron chi connectivity index (χ1n) is 3.70. The Hall–Kier alpha value is -0.830. The van der Waals surface area contributed by atoms with Crippen molar-refractivity contribution >= 4 is 5.97 Å². The SMILES string of the molecule is COC(=O)C=CC1CCCO1. The van der Waals surface area contributed by atoms with Crippen LogP contribution in [-0.4, -0.2) is 25.8 Å². The lowest BCUT2D eigenvalue weighted by Crippen LogP contribution is -2.02. The van der Waals surface area contributed by atoms with Crippen molar-refractivity contribution in [1.29, 1.82) is 0 Å². The largest absolute Gasteiger partial charge is 0.466 e. The number of ether oxygens (including phenoxy) is 2. The smallest absolute Gasteiger partial charge is 0.330 e. The van der Waals surface area contributed by atoms with Gasteiger partial charge in [-0.2, -0.15) is 0 Å². The van der Waals surface area contributed by atoms with Gasteiger partial charge in [-0.15, -0.1) is 0 Å². The summed E-state index contributed by atoms with van der Waals surface area (Å²) in [5, 5.41) is 0. The molecule has 0 saturated carbocycles. The Kier molecular flexibility index (Phi) is 3.11. The van der Waals surface area contributed by atoms with Crippen LogP contribution in [0.3, 0.4) is 0 Å². The summed E-state index contributed by atoms with van der Waals surface area (Å²) in [7, 11) is 1.36. The van der Waals surface area contributed by atoms with Gasteiger partial charge in [0.25, 0.3) is 0 Å². The average molecular weight is 156 g/mol. The van der Waals surface area contributed by atoms with Crippen molar-refractivity contribution < 1.29 is 14.3 Å². The third-order valence-electron chi connectivity index (χ3n) is 1.61. The maximum absolute atomic E-state index is 10.6. The minimum Gasteiger partial charge on any atom is -0.466 e. The van der Waals surface area contributed by atoms with E-state index < -0.39 is 0 Å². The molecular weight excluding hydrogens is 144 g/mol. The van der Waals surface area contributed by atoms with E-state index in [1.807, 2.05) is 0 Å². The van der Waals surface area contributed by atoms with Crippen LogP contribution < -0.4 is 0 Å². The van der Waals surface area contributed by atoms with E-state index in [0.717, 1.165) is 19.4 Å². The number of hydrogen-bond acceptors (Lipinski definition) is 3. The fourth-order valence-electron chi connectivity index (χ4n) is 1.01. The summed E-state index contributed by atoms with van der Waals surface area (Å²) in [5.41, 5.74) is 0. The average Bonchev–Trinajstić information content (AvgIpc) is 2.52. The minimum atomic E-state index is -0.319. The highest BCUT2D eigenvalue weighted by Gasteiger charge is 2.11. The quantitative estimate of drug-likeness (QED) is 0.440. The Balaban J connectivity index is 2.27. The van der Waals surface area contributed by atoms with Crippen LogP contribution in [0.1, 0.15) is 12.8 Å². The van der Waals surface area contributed by atoms with Crippen molar-refractivity contribution in [3.05, 3.63) is 12.2 Å². The molecule has 0 radical (unpaired) electrons. The van der Waals surface area contributed by atoms with Crippen molar-refractivity contribution in [2.45, 2.75) is 18.9 Å². The van der Waals surface area contributed by atoms with Crippen molar-refractivity contribution in [3.63, 3.8) is 0 Å². The second-order valence-corrected chi connectivity index (χ2v) is 2.43. The molecule has 3 nitrogen and oxygen atoms in total.